The standard InChI is InChI=1S/C27H32IN3O4/c1-17-4-6-19(7-5-17)23(30-25(34)21-10-8-20(9-11-21)24(28)29)27(2,3)26(35)31-14-12-18(13-15-31)16-22(32)33/h4-11,18,23,29H,12-16H2,1-3H3,(H,30,34)(H,32,33). The van der Waals surface area contributed by atoms with Crippen LogP contribution in [0.25, 0.3) is 0 Å². The van der Waals surface area contributed by atoms with Crippen LogP contribution in [0.4, 0.5) is 0 Å². The number of likely N-dealkylation sites (tertiary alicyclic amines) is 1. The van der Waals surface area contributed by atoms with Crippen molar-refractivity contribution in [2.75, 3.05) is 13.1 Å². The van der Waals surface area contributed by atoms with E-state index in [1.807, 2.05) is 67.6 Å². The Labute approximate surface area is 219 Å². The van der Waals surface area contributed by atoms with E-state index in [2.05, 4.69) is 5.32 Å². The average molecular weight is 589 g/mol. The molecule has 7 nitrogen and oxygen atoms in total. The Hall–Kier alpha value is -2.75. The van der Waals surface area contributed by atoms with E-state index in [0.717, 1.165) is 16.7 Å². The second-order valence-corrected chi connectivity index (χ2v) is 10.8. The summed E-state index contributed by atoms with van der Waals surface area (Å²) in [6.45, 7) is 6.71. The number of carbonyl (C=O) groups excluding carboxylic acids is 2. The quantitative estimate of drug-likeness (QED) is 0.299. The van der Waals surface area contributed by atoms with Gasteiger partial charge in [-0.15, -0.1) is 0 Å². The number of aryl methyl sites for hydroxylation is 1. The minimum atomic E-state index is -0.936. The number of amides is 2. The van der Waals surface area contributed by atoms with E-state index in [-0.39, 0.29) is 24.2 Å². The number of hydrogen-bond acceptors (Lipinski definition) is 4. The molecule has 2 aromatic rings. The van der Waals surface area contributed by atoms with Gasteiger partial charge in [-0.25, -0.2) is 0 Å². The normalized spacial score (nSPS) is 15.4. The maximum absolute atomic E-state index is 13.7. The van der Waals surface area contributed by atoms with Gasteiger partial charge in [0.25, 0.3) is 5.91 Å². The predicted molar refractivity (Wildman–Crippen MR) is 144 cm³/mol. The fourth-order valence-corrected chi connectivity index (χ4v) is 4.90. The van der Waals surface area contributed by atoms with Crippen LogP contribution in [-0.4, -0.2) is 44.6 Å². The van der Waals surface area contributed by atoms with Gasteiger partial charge in [-0.05, 0) is 79.8 Å². The molecule has 35 heavy (non-hydrogen) atoms. The van der Waals surface area contributed by atoms with Gasteiger partial charge < -0.3 is 15.3 Å². The van der Waals surface area contributed by atoms with Crippen LogP contribution in [0.5, 0.6) is 0 Å². The van der Waals surface area contributed by atoms with E-state index >= 15 is 0 Å². The topological polar surface area (TPSA) is 111 Å². The Kier molecular flexibility index (Phi) is 8.69. The molecule has 0 aliphatic carbocycles. The molecular formula is C27H32IN3O4. The molecule has 8 heteroatoms. The molecule has 0 aromatic heterocycles. The summed E-state index contributed by atoms with van der Waals surface area (Å²) in [6, 6.07) is 14.1. The summed E-state index contributed by atoms with van der Waals surface area (Å²) in [5.74, 6) is -1.08. The van der Waals surface area contributed by atoms with Crippen LogP contribution < -0.4 is 5.32 Å². The molecule has 2 aromatic carbocycles. The first-order valence-electron chi connectivity index (χ1n) is 11.7. The number of nitrogens with zero attached hydrogens (tertiary/aromatic N) is 1. The van der Waals surface area contributed by atoms with Crippen molar-refractivity contribution in [2.24, 2.45) is 11.3 Å². The van der Waals surface area contributed by atoms with E-state index in [4.69, 9.17) is 10.5 Å². The highest BCUT2D eigenvalue weighted by atomic mass is 127. The Morgan fingerprint density at radius 2 is 1.60 bits per heavy atom. The number of carbonyl (C=O) groups is 3. The molecule has 3 rings (SSSR count). The van der Waals surface area contributed by atoms with E-state index in [1.165, 1.54) is 0 Å². The molecule has 2 amide bonds. The Balaban J connectivity index is 1.83. The fourth-order valence-electron chi connectivity index (χ4n) is 4.54. The van der Waals surface area contributed by atoms with Crippen LogP contribution in [0.15, 0.2) is 48.5 Å². The van der Waals surface area contributed by atoms with Crippen LogP contribution >= 0.6 is 22.6 Å². The lowest BCUT2D eigenvalue weighted by Gasteiger charge is -2.40. The Morgan fingerprint density at radius 3 is 2.11 bits per heavy atom. The van der Waals surface area contributed by atoms with Gasteiger partial charge in [0.05, 0.1) is 15.2 Å². The Bertz CT molecular complexity index is 1090. The molecule has 186 valence electrons. The number of halogens is 1. The van der Waals surface area contributed by atoms with Crippen LogP contribution in [-0.2, 0) is 9.59 Å². The molecule has 1 unspecified atom stereocenters. The van der Waals surface area contributed by atoms with Crippen molar-refractivity contribution >= 4 is 44.1 Å². The summed E-state index contributed by atoms with van der Waals surface area (Å²) in [7, 11) is 0. The number of rotatable bonds is 8. The van der Waals surface area contributed by atoms with Gasteiger partial charge in [-0.3, -0.25) is 19.8 Å². The van der Waals surface area contributed by atoms with Gasteiger partial charge >= 0.3 is 5.97 Å². The summed E-state index contributed by atoms with van der Waals surface area (Å²) in [4.78, 5) is 39.8. The molecule has 0 spiro atoms. The van der Waals surface area contributed by atoms with Gasteiger partial charge in [-0.2, -0.15) is 0 Å². The molecule has 3 N–H and O–H groups in total. The second-order valence-electron chi connectivity index (χ2n) is 9.76. The zero-order valence-electron chi connectivity index (χ0n) is 20.3. The summed E-state index contributed by atoms with van der Waals surface area (Å²) >= 11 is 1.92. The third kappa shape index (κ3) is 6.68. The summed E-state index contributed by atoms with van der Waals surface area (Å²) in [6.07, 6.45) is 1.45. The lowest BCUT2D eigenvalue weighted by Crippen LogP contribution is -2.51. The van der Waals surface area contributed by atoms with Crippen molar-refractivity contribution in [3.05, 3.63) is 70.8 Å². The zero-order chi connectivity index (χ0) is 25.8. The van der Waals surface area contributed by atoms with Crippen molar-refractivity contribution in [1.82, 2.24) is 10.2 Å². The number of piperidine rings is 1. The van der Waals surface area contributed by atoms with Gasteiger partial charge in [0.15, 0.2) is 0 Å². The minimum Gasteiger partial charge on any atom is -0.481 e. The van der Waals surface area contributed by atoms with Crippen molar-refractivity contribution in [2.45, 2.75) is 46.1 Å². The third-order valence-corrected chi connectivity index (χ3v) is 7.35. The lowest BCUT2D eigenvalue weighted by molar-refractivity contribution is -0.144. The smallest absolute Gasteiger partial charge is 0.303 e. The first-order chi connectivity index (χ1) is 16.5. The average Bonchev–Trinajstić information content (AvgIpc) is 2.82. The van der Waals surface area contributed by atoms with Crippen LogP contribution in [0.2, 0.25) is 0 Å². The zero-order valence-corrected chi connectivity index (χ0v) is 22.5. The molecular weight excluding hydrogens is 557 g/mol. The van der Waals surface area contributed by atoms with Gasteiger partial charge in [-0.1, -0.05) is 42.0 Å². The molecule has 0 radical (unpaired) electrons. The maximum atomic E-state index is 13.7. The predicted octanol–water partition coefficient (Wildman–Crippen LogP) is 4.97. The second kappa shape index (κ2) is 11.3. The van der Waals surface area contributed by atoms with Crippen LogP contribution in [0.3, 0.4) is 0 Å². The SMILES string of the molecule is Cc1ccc(C(NC(=O)c2ccc(C(=N)I)cc2)C(C)(C)C(=O)N2CCC(CC(=O)O)CC2)cc1. The van der Waals surface area contributed by atoms with E-state index in [1.54, 1.807) is 29.2 Å². The van der Waals surface area contributed by atoms with E-state index < -0.39 is 17.4 Å². The molecule has 0 saturated carbocycles. The molecule has 0 bridgehead atoms. The molecule has 1 heterocycles. The highest BCUT2D eigenvalue weighted by Crippen LogP contribution is 2.37. The monoisotopic (exact) mass is 589 g/mol. The van der Waals surface area contributed by atoms with Crippen molar-refractivity contribution in [3.63, 3.8) is 0 Å². The summed E-state index contributed by atoms with van der Waals surface area (Å²) < 4.78 is 0.394. The highest BCUT2D eigenvalue weighted by Gasteiger charge is 2.42. The Morgan fingerprint density at radius 1 is 1.06 bits per heavy atom. The minimum absolute atomic E-state index is 0.0640. The van der Waals surface area contributed by atoms with E-state index in [9.17, 15) is 14.4 Å². The van der Waals surface area contributed by atoms with Crippen LogP contribution in [0.1, 0.15) is 66.2 Å². The molecule has 1 saturated heterocycles. The summed E-state index contributed by atoms with van der Waals surface area (Å²) in [5, 5.41) is 19.9. The van der Waals surface area contributed by atoms with Gasteiger partial charge in [0.1, 0.15) is 0 Å². The van der Waals surface area contributed by atoms with E-state index in [0.29, 0.717) is 35.2 Å². The number of hydrogen-bond donors (Lipinski definition) is 3. The van der Waals surface area contributed by atoms with Crippen LogP contribution in [0, 0.1) is 23.7 Å². The molecule has 1 fully saturated rings. The maximum Gasteiger partial charge on any atom is 0.303 e. The molecule has 1 atom stereocenters. The first kappa shape index (κ1) is 26.8. The molecule has 1 aliphatic heterocycles. The van der Waals surface area contributed by atoms with Crippen molar-refractivity contribution in [3.8, 4) is 0 Å². The largest absolute Gasteiger partial charge is 0.481 e. The van der Waals surface area contributed by atoms with Crippen molar-refractivity contribution in [1.29, 1.82) is 5.41 Å². The highest BCUT2D eigenvalue weighted by molar-refractivity contribution is 14.1. The number of carboxylic acid groups (broad SMARTS) is 1. The van der Waals surface area contributed by atoms with Gasteiger partial charge in [0, 0.05) is 30.6 Å². The van der Waals surface area contributed by atoms with Gasteiger partial charge in [0.2, 0.25) is 5.91 Å². The fraction of sp³-hybridized carbons (Fsp3) is 0.407. The number of nitrogens with one attached hydrogen (secondary N) is 2. The number of carboxylic acids is 1. The number of benzene rings is 2. The first-order valence-corrected chi connectivity index (χ1v) is 12.8. The summed E-state index contributed by atoms with van der Waals surface area (Å²) in [5.41, 5.74) is 2.18. The lowest BCUT2D eigenvalue weighted by atomic mass is 9.78. The third-order valence-electron chi connectivity index (χ3n) is 6.72. The van der Waals surface area contributed by atoms with Crippen molar-refractivity contribution < 1.29 is 19.5 Å². The molecule has 1 aliphatic rings. The number of aliphatic carboxylic acids is 1.